The van der Waals surface area contributed by atoms with E-state index in [1.165, 1.54) is 0 Å². The second-order valence-electron chi connectivity index (χ2n) is 4.82. The number of nitrogens with two attached hydrogens (primary N) is 1. The molecule has 0 radical (unpaired) electrons. The van der Waals surface area contributed by atoms with Crippen LogP contribution < -0.4 is 20.5 Å². The molecule has 0 saturated heterocycles. The number of amides is 1. The summed E-state index contributed by atoms with van der Waals surface area (Å²) in [5.74, 6) is 1.52. The molecule has 0 aromatic heterocycles. The summed E-state index contributed by atoms with van der Waals surface area (Å²) in [5.41, 5.74) is 6.84. The van der Waals surface area contributed by atoms with Crippen molar-refractivity contribution in [2.45, 2.75) is 32.9 Å². The topological polar surface area (TPSA) is 73.6 Å². The van der Waals surface area contributed by atoms with Gasteiger partial charge in [-0.15, -0.1) is 0 Å². The number of benzene rings is 1. The van der Waals surface area contributed by atoms with E-state index in [1.807, 2.05) is 32.0 Å². The molecule has 0 fully saturated rings. The van der Waals surface area contributed by atoms with Crippen molar-refractivity contribution >= 4 is 5.91 Å². The Morgan fingerprint density at radius 3 is 2.89 bits per heavy atom. The van der Waals surface area contributed by atoms with Crippen LogP contribution in [0.1, 0.15) is 25.8 Å². The minimum atomic E-state index is -0.459. The lowest BCUT2D eigenvalue weighted by Crippen LogP contribution is -2.44. The summed E-state index contributed by atoms with van der Waals surface area (Å²) >= 11 is 0. The Hall–Kier alpha value is -1.75. The van der Waals surface area contributed by atoms with Gasteiger partial charge in [-0.3, -0.25) is 4.79 Å². The normalized spacial score (nSPS) is 15.9. The van der Waals surface area contributed by atoms with Gasteiger partial charge in [0.25, 0.3) is 0 Å². The number of fused-ring (bicyclic) bond motifs is 1. The van der Waals surface area contributed by atoms with E-state index in [0.717, 1.165) is 23.5 Å². The quantitative estimate of drug-likeness (QED) is 0.843. The van der Waals surface area contributed by atoms with Crippen molar-refractivity contribution in [1.82, 2.24) is 5.32 Å². The minimum absolute atomic E-state index is 0.119. The Kier molecular flexibility index (Phi) is 4.27. The highest BCUT2D eigenvalue weighted by molar-refractivity contribution is 5.81. The van der Waals surface area contributed by atoms with Crippen LogP contribution in [0, 0.1) is 5.92 Å². The molecule has 3 N–H and O–H groups in total. The minimum Gasteiger partial charge on any atom is -0.454 e. The molecule has 1 aliphatic rings. The van der Waals surface area contributed by atoms with E-state index >= 15 is 0 Å². The summed E-state index contributed by atoms with van der Waals surface area (Å²) in [6.45, 7) is 4.70. The molecule has 5 heteroatoms. The third-order valence-electron chi connectivity index (χ3n) is 3.46. The molecule has 2 atom stereocenters. The molecule has 5 nitrogen and oxygen atoms in total. The summed E-state index contributed by atoms with van der Waals surface area (Å²) in [5, 5.41) is 2.84. The highest BCUT2D eigenvalue weighted by atomic mass is 16.7. The molecular formula is C14H20N2O3. The van der Waals surface area contributed by atoms with Gasteiger partial charge in [0.2, 0.25) is 12.7 Å². The number of nitrogens with one attached hydrogen (secondary N) is 1. The molecule has 0 spiro atoms. The molecule has 0 bridgehead atoms. The third-order valence-corrected chi connectivity index (χ3v) is 3.46. The predicted molar refractivity (Wildman–Crippen MR) is 71.8 cm³/mol. The predicted octanol–water partition coefficient (Wildman–Crippen LogP) is 1.40. The molecule has 1 aliphatic heterocycles. The zero-order valence-electron chi connectivity index (χ0n) is 11.3. The van der Waals surface area contributed by atoms with Crippen LogP contribution in [-0.2, 0) is 11.3 Å². The van der Waals surface area contributed by atoms with Crippen molar-refractivity contribution in [2.24, 2.45) is 11.7 Å². The van der Waals surface area contributed by atoms with Gasteiger partial charge in [0.05, 0.1) is 6.04 Å². The maximum absolute atomic E-state index is 11.9. The van der Waals surface area contributed by atoms with Gasteiger partial charge in [0.15, 0.2) is 11.5 Å². The molecule has 1 amide bonds. The van der Waals surface area contributed by atoms with Crippen molar-refractivity contribution in [2.75, 3.05) is 6.79 Å². The van der Waals surface area contributed by atoms with Crippen molar-refractivity contribution in [3.05, 3.63) is 23.8 Å². The second-order valence-corrected chi connectivity index (χ2v) is 4.82. The molecule has 0 aliphatic carbocycles. The first-order valence-electron chi connectivity index (χ1n) is 6.53. The molecule has 19 heavy (non-hydrogen) atoms. The fraction of sp³-hybridized carbons (Fsp3) is 0.500. The largest absolute Gasteiger partial charge is 0.454 e. The Balaban J connectivity index is 1.90. The summed E-state index contributed by atoms with van der Waals surface area (Å²) < 4.78 is 10.5. The van der Waals surface area contributed by atoms with Gasteiger partial charge < -0.3 is 20.5 Å². The van der Waals surface area contributed by atoms with Crippen LogP contribution in [0.2, 0.25) is 0 Å². The molecule has 104 valence electrons. The van der Waals surface area contributed by atoms with Crippen LogP contribution in [0.25, 0.3) is 0 Å². The summed E-state index contributed by atoms with van der Waals surface area (Å²) in [6, 6.07) is 5.16. The van der Waals surface area contributed by atoms with Crippen molar-refractivity contribution < 1.29 is 14.3 Å². The lowest BCUT2D eigenvalue weighted by Gasteiger charge is -2.17. The third kappa shape index (κ3) is 3.17. The Morgan fingerprint density at radius 2 is 2.16 bits per heavy atom. The number of hydrogen-bond donors (Lipinski definition) is 2. The van der Waals surface area contributed by atoms with Gasteiger partial charge in [0, 0.05) is 6.54 Å². The molecular weight excluding hydrogens is 244 g/mol. The number of carbonyl (C=O) groups is 1. The molecule has 0 saturated carbocycles. The first-order valence-corrected chi connectivity index (χ1v) is 6.53. The smallest absolute Gasteiger partial charge is 0.237 e. The molecule has 1 aromatic rings. The molecule has 1 aromatic carbocycles. The van der Waals surface area contributed by atoms with Crippen molar-refractivity contribution in [3.8, 4) is 11.5 Å². The van der Waals surface area contributed by atoms with Crippen LogP contribution in [-0.4, -0.2) is 18.7 Å². The Labute approximate surface area is 113 Å². The number of carbonyl (C=O) groups excluding carboxylic acids is 1. The standard InChI is InChI=1S/C14H20N2O3/c1-3-9(2)13(15)14(17)16-7-10-4-5-11-12(6-10)19-8-18-11/h4-6,9,13H,3,7-8,15H2,1-2H3,(H,16,17)/t9?,13-/m0/s1. The maximum Gasteiger partial charge on any atom is 0.237 e. The Bertz CT molecular complexity index is 462. The van der Waals surface area contributed by atoms with E-state index in [0.29, 0.717) is 6.54 Å². The van der Waals surface area contributed by atoms with Gasteiger partial charge >= 0.3 is 0 Å². The SMILES string of the molecule is CCC(C)[C@H](N)C(=O)NCc1ccc2c(c1)OCO2. The van der Waals surface area contributed by atoms with E-state index in [1.54, 1.807) is 0 Å². The van der Waals surface area contributed by atoms with Gasteiger partial charge in [-0.25, -0.2) is 0 Å². The first-order chi connectivity index (χ1) is 9.11. The monoisotopic (exact) mass is 264 g/mol. The van der Waals surface area contributed by atoms with E-state index < -0.39 is 6.04 Å². The van der Waals surface area contributed by atoms with Gasteiger partial charge in [-0.1, -0.05) is 26.3 Å². The lowest BCUT2D eigenvalue weighted by atomic mass is 9.99. The lowest BCUT2D eigenvalue weighted by molar-refractivity contribution is -0.123. The van der Waals surface area contributed by atoms with Crippen LogP contribution in [0.5, 0.6) is 11.5 Å². The highest BCUT2D eigenvalue weighted by Gasteiger charge is 2.19. The van der Waals surface area contributed by atoms with Crippen LogP contribution >= 0.6 is 0 Å². The fourth-order valence-corrected chi connectivity index (χ4v) is 1.87. The zero-order chi connectivity index (χ0) is 13.8. The van der Waals surface area contributed by atoms with E-state index in [4.69, 9.17) is 15.2 Å². The maximum atomic E-state index is 11.9. The first kappa shape index (κ1) is 13.7. The molecule has 1 heterocycles. The van der Waals surface area contributed by atoms with E-state index in [-0.39, 0.29) is 18.6 Å². The second kappa shape index (κ2) is 5.93. The van der Waals surface area contributed by atoms with Gasteiger partial charge in [0.1, 0.15) is 0 Å². The zero-order valence-corrected chi connectivity index (χ0v) is 11.3. The van der Waals surface area contributed by atoms with E-state index in [9.17, 15) is 4.79 Å². The number of rotatable bonds is 5. The summed E-state index contributed by atoms with van der Waals surface area (Å²) in [4.78, 5) is 11.9. The Morgan fingerprint density at radius 1 is 1.42 bits per heavy atom. The van der Waals surface area contributed by atoms with Gasteiger partial charge in [-0.05, 0) is 23.6 Å². The van der Waals surface area contributed by atoms with E-state index in [2.05, 4.69) is 5.32 Å². The van der Waals surface area contributed by atoms with Crippen molar-refractivity contribution in [1.29, 1.82) is 0 Å². The summed E-state index contributed by atoms with van der Waals surface area (Å²) in [6.07, 6.45) is 0.888. The number of hydrogen-bond acceptors (Lipinski definition) is 4. The molecule has 1 unspecified atom stereocenters. The highest BCUT2D eigenvalue weighted by Crippen LogP contribution is 2.32. The van der Waals surface area contributed by atoms with Crippen LogP contribution in [0.3, 0.4) is 0 Å². The molecule has 2 rings (SSSR count). The average molecular weight is 264 g/mol. The van der Waals surface area contributed by atoms with Crippen molar-refractivity contribution in [3.63, 3.8) is 0 Å². The number of ether oxygens (including phenoxy) is 2. The van der Waals surface area contributed by atoms with Crippen LogP contribution in [0.15, 0.2) is 18.2 Å². The summed E-state index contributed by atoms with van der Waals surface area (Å²) in [7, 11) is 0. The average Bonchev–Trinajstić information content (AvgIpc) is 2.90. The van der Waals surface area contributed by atoms with Crippen LogP contribution in [0.4, 0.5) is 0 Å². The fourth-order valence-electron chi connectivity index (χ4n) is 1.87. The van der Waals surface area contributed by atoms with Gasteiger partial charge in [-0.2, -0.15) is 0 Å².